The van der Waals surface area contributed by atoms with Gasteiger partial charge in [0.25, 0.3) is 0 Å². The molecule has 0 aliphatic heterocycles. The Labute approximate surface area is 90.5 Å². The van der Waals surface area contributed by atoms with Crippen LogP contribution in [0.2, 0.25) is 0 Å². The van der Waals surface area contributed by atoms with Gasteiger partial charge < -0.3 is 5.73 Å². The van der Waals surface area contributed by atoms with Crippen LogP contribution in [0.15, 0.2) is 12.3 Å². The molecule has 4 heteroatoms. The average Bonchev–Trinajstić information content (AvgIpc) is 2.59. The molecule has 1 rings (SSSR count). The second-order valence-electron chi connectivity index (χ2n) is 3.80. The number of carbonyl (C=O) groups is 1. The normalized spacial score (nSPS) is 10.5. The zero-order valence-corrected chi connectivity index (χ0v) is 9.28. The molecule has 0 spiro atoms. The second-order valence-corrected chi connectivity index (χ2v) is 3.80. The van der Waals surface area contributed by atoms with E-state index in [0.29, 0.717) is 19.4 Å². The lowest BCUT2D eigenvalue weighted by Crippen LogP contribution is -2.04. The summed E-state index contributed by atoms with van der Waals surface area (Å²) in [6.07, 6.45) is 5.97. The van der Waals surface area contributed by atoms with Crippen LogP contribution < -0.4 is 5.73 Å². The van der Waals surface area contributed by atoms with Gasteiger partial charge in [-0.15, -0.1) is 0 Å². The molecule has 1 aromatic heterocycles. The summed E-state index contributed by atoms with van der Waals surface area (Å²) in [5.74, 6) is 0.269. The summed E-state index contributed by atoms with van der Waals surface area (Å²) in [7, 11) is 1.86. The number of carbonyl (C=O) groups excluding carboxylic acids is 1. The summed E-state index contributed by atoms with van der Waals surface area (Å²) >= 11 is 0. The molecule has 0 unspecified atom stereocenters. The van der Waals surface area contributed by atoms with Crippen molar-refractivity contribution in [1.82, 2.24) is 9.78 Å². The van der Waals surface area contributed by atoms with E-state index in [-0.39, 0.29) is 5.78 Å². The molecule has 1 aromatic rings. The molecule has 0 saturated heterocycles. The molecular formula is C11H19N3O. The fraction of sp³-hybridized carbons (Fsp3) is 0.636. The number of aryl methyl sites for hydroxylation is 1. The molecule has 4 nitrogen and oxygen atoms in total. The van der Waals surface area contributed by atoms with Crippen LogP contribution in [0.3, 0.4) is 0 Å². The number of hydrogen-bond donors (Lipinski definition) is 1. The number of nitrogens with two attached hydrogens (primary N) is 1. The lowest BCUT2D eigenvalue weighted by Gasteiger charge is -1.98. The summed E-state index contributed by atoms with van der Waals surface area (Å²) in [4.78, 5) is 11.5. The third-order valence-corrected chi connectivity index (χ3v) is 2.31. The van der Waals surface area contributed by atoms with E-state index in [9.17, 15) is 4.79 Å². The first-order chi connectivity index (χ1) is 7.22. The number of rotatable bonds is 7. The zero-order chi connectivity index (χ0) is 11.1. The van der Waals surface area contributed by atoms with E-state index < -0.39 is 0 Å². The first-order valence-electron chi connectivity index (χ1n) is 5.42. The van der Waals surface area contributed by atoms with Gasteiger partial charge in [0.1, 0.15) is 5.78 Å². The van der Waals surface area contributed by atoms with Crippen molar-refractivity contribution in [3.8, 4) is 0 Å². The van der Waals surface area contributed by atoms with Gasteiger partial charge in [-0.1, -0.05) is 6.42 Å². The number of nitrogens with zero attached hydrogens (tertiary/aromatic N) is 2. The maximum Gasteiger partial charge on any atom is 0.138 e. The van der Waals surface area contributed by atoms with Crippen molar-refractivity contribution in [3.05, 3.63) is 18.0 Å². The van der Waals surface area contributed by atoms with E-state index in [1.807, 2.05) is 19.3 Å². The molecule has 0 saturated carbocycles. The molecule has 15 heavy (non-hydrogen) atoms. The molecule has 0 amide bonds. The molecule has 0 radical (unpaired) electrons. The first kappa shape index (κ1) is 11.9. The smallest absolute Gasteiger partial charge is 0.138 e. The van der Waals surface area contributed by atoms with E-state index in [0.717, 1.165) is 25.0 Å². The molecule has 0 aliphatic carbocycles. The fourth-order valence-electron chi connectivity index (χ4n) is 1.49. The summed E-state index contributed by atoms with van der Waals surface area (Å²) < 4.78 is 1.72. The van der Waals surface area contributed by atoms with Crippen molar-refractivity contribution in [2.75, 3.05) is 6.54 Å². The van der Waals surface area contributed by atoms with E-state index in [4.69, 9.17) is 5.73 Å². The highest BCUT2D eigenvalue weighted by Gasteiger charge is 2.05. The highest BCUT2D eigenvalue weighted by molar-refractivity contribution is 5.80. The van der Waals surface area contributed by atoms with Crippen molar-refractivity contribution in [3.63, 3.8) is 0 Å². The van der Waals surface area contributed by atoms with Crippen LogP contribution in [-0.4, -0.2) is 22.1 Å². The Bertz CT molecular complexity index is 307. The van der Waals surface area contributed by atoms with Crippen LogP contribution in [0.5, 0.6) is 0 Å². The predicted octanol–water partition coefficient (Wildman–Crippen LogP) is 1.05. The van der Waals surface area contributed by atoms with Crippen LogP contribution in [0.25, 0.3) is 0 Å². The summed E-state index contributed by atoms with van der Waals surface area (Å²) in [5, 5.41) is 4.17. The minimum atomic E-state index is 0.269. The van der Waals surface area contributed by atoms with Crippen LogP contribution in [-0.2, 0) is 18.3 Å². The van der Waals surface area contributed by atoms with Gasteiger partial charge in [-0.05, 0) is 25.5 Å². The fourth-order valence-corrected chi connectivity index (χ4v) is 1.49. The summed E-state index contributed by atoms with van der Waals surface area (Å²) in [5.41, 5.74) is 6.24. The Morgan fingerprint density at radius 1 is 1.47 bits per heavy atom. The number of unbranched alkanes of at least 4 members (excludes halogenated alkanes) is 2. The minimum absolute atomic E-state index is 0.269. The number of Topliss-reactive ketones (excluding diaryl/α,β-unsaturated/α-hetero) is 1. The second kappa shape index (κ2) is 6.35. The minimum Gasteiger partial charge on any atom is -0.330 e. The lowest BCUT2D eigenvalue weighted by atomic mass is 10.1. The average molecular weight is 209 g/mol. The van der Waals surface area contributed by atoms with Gasteiger partial charge in [-0.2, -0.15) is 5.10 Å². The third-order valence-electron chi connectivity index (χ3n) is 2.31. The Morgan fingerprint density at radius 2 is 2.27 bits per heavy atom. The van der Waals surface area contributed by atoms with Gasteiger partial charge in [0.15, 0.2) is 0 Å². The lowest BCUT2D eigenvalue weighted by molar-refractivity contribution is -0.118. The van der Waals surface area contributed by atoms with E-state index in [1.54, 1.807) is 4.68 Å². The van der Waals surface area contributed by atoms with Crippen molar-refractivity contribution in [1.29, 1.82) is 0 Å². The maximum absolute atomic E-state index is 11.5. The Balaban J connectivity index is 2.18. The molecule has 1 heterocycles. The van der Waals surface area contributed by atoms with Crippen molar-refractivity contribution < 1.29 is 4.79 Å². The van der Waals surface area contributed by atoms with Gasteiger partial charge in [0, 0.05) is 19.7 Å². The molecule has 0 aliphatic rings. The van der Waals surface area contributed by atoms with Gasteiger partial charge in [-0.3, -0.25) is 9.48 Å². The van der Waals surface area contributed by atoms with Gasteiger partial charge in [0.05, 0.1) is 12.1 Å². The molecule has 0 atom stereocenters. The van der Waals surface area contributed by atoms with Gasteiger partial charge >= 0.3 is 0 Å². The van der Waals surface area contributed by atoms with Crippen LogP contribution in [0.1, 0.15) is 31.4 Å². The van der Waals surface area contributed by atoms with Gasteiger partial charge in [-0.25, -0.2) is 0 Å². The SMILES string of the molecule is Cn1ccc(CC(=O)CCCCCN)n1. The summed E-state index contributed by atoms with van der Waals surface area (Å²) in [6, 6.07) is 1.89. The summed E-state index contributed by atoms with van der Waals surface area (Å²) in [6.45, 7) is 0.717. The molecule has 2 N–H and O–H groups in total. The Hall–Kier alpha value is -1.16. The monoisotopic (exact) mass is 209 g/mol. The largest absolute Gasteiger partial charge is 0.330 e. The topological polar surface area (TPSA) is 60.9 Å². The van der Waals surface area contributed by atoms with Crippen molar-refractivity contribution >= 4 is 5.78 Å². The molecule has 0 aromatic carbocycles. The maximum atomic E-state index is 11.5. The predicted molar refractivity (Wildman–Crippen MR) is 59.4 cm³/mol. The van der Waals surface area contributed by atoms with Crippen molar-refractivity contribution in [2.45, 2.75) is 32.1 Å². The Morgan fingerprint density at radius 3 is 2.87 bits per heavy atom. The van der Waals surface area contributed by atoms with Crippen LogP contribution in [0.4, 0.5) is 0 Å². The van der Waals surface area contributed by atoms with Crippen LogP contribution in [0, 0.1) is 0 Å². The van der Waals surface area contributed by atoms with E-state index in [2.05, 4.69) is 5.10 Å². The number of aromatic nitrogens is 2. The van der Waals surface area contributed by atoms with Crippen LogP contribution >= 0.6 is 0 Å². The highest BCUT2D eigenvalue weighted by atomic mass is 16.1. The third kappa shape index (κ3) is 4.74. The quantitative estimate of drug-likeness (QED) is 0.683. The number of hydrogen-bond acceptors (Lipinski definition) is 3. The zero-order valence-electron chi connectivity index (χ0n) is 9.28. The highest BCUT2D eigenvalue weighted by Crippen LogP contribution is 2.04. The first-order valence-corrected chi connectivity index (χ1v) is 5.42. The molecule has 0 bridgehead atoms. The molecule has 84 valence electrons. The van der Waals surface area contributed by atoms with Crippen molar-refractivity contribution in [2.24, 2.45) is 12.8 Å². The molecule has 0 fully saturated rings. The van der Waals surface area contributed by atoms with E-state index >= 15 is 0 Å². The van der Waals surface area contributed by atoms with E-state index in [1.165, 1.54) is 0 Å². The Kier molecular flexibility index (Phi) is 5.04. The number of ketones is 1. The molecular weight excluding hydrogens is 190 g/mol. The standard InChI is InChI=1S/C11H19N3O/c1-14-8-6-10(13-14)9-11(15)5-3-2-4-7-12/h6,8H,2-5,7,9,12H2,1H3. The van der Waals surface area contributed by atoms with Gasteiger partial charge in [0.2, 0.25) is 0 Å².